The fourth-order valence-electron chi connectivity index (χ4n) is 4.39. The topological polar surface area (TPSA) is 58.7 Å². The SMILES string of the molecule is COc1cc(Cn2c(-c3ccccc3)cc3c2-c2oncc2CC3)cc(OC)c1OC. The Morgan fingerprint density at radius 2 is 1.61 bits per heavy atom. The first-order valence-corrected chi connectivity index (χ1v) is 10.2. The zero-order valence-electron chi connectivity index (χ0n) is 17.8. The Morgan fingerprint density at radius 3 is 2.29 bits per heavy atom. The highest BCUT2D eigenvalue weighted by Crippen LogP contribution is 2.42. The Balaban J connectivity index is 1.69. The Hall–Kier alpha value is -3.67. The third-order valence-corrected chi connectivity index (χ3v) is 5.83. The van der Waals surface area contributed by atoms with Crippen molar-refractivity contribution in [3.63, 3.8) is 0 Å². The maximum Gasteiger partial charge on any atom is 0.203 e. The van der Waals surface area contributed by atoms with E-state index in [1.54, 1.807) is 21.3 Å². The van der Waals surface area contributed by atoms with Gasteiger partial charge >= 0.3 is 0 Å². The molecule has 2 aromatic carbocycles. The van der Waals surface area contributed by atoms with Crippen LogP contribution in [-0.2, 0) is 19.4 Å². The number of aromatic nitrogens is 2. The second-order valence-corrected chi connectivity index (χ2v) is 7.57. The molecule has 0 aliphatic heterocycles. The molecule has 31 heavy (non-hydrogen) atoms. The predicted molar refractivity (Wildman–Crippen MR) is 118 cm³/mol. The Kier molecular flexibility index (Phi) is 4.90. The van der Waals surface area contributed by atoms with Gasteiger partial charge in [0.25, 0.3) is 0 Å². The molecule has 6 nitrogen and oxygen atoms in total. The van der Waals surface area contributed by atoms with Crippen LogP contribution in [0.25, 0.3) is 22.7 Å². The molecule has 0 saturated heterocycles. The van der Waals surface area contributed by atoms with Crippen molar-refractivity contribution in [1.29, 1.82) is 0 Å². The lowest BCUT2D eigenvalue weighted by Gasteiger charge is -2.18. The van der Waals surface area contributed by atoms with Crippen molar-refractivity contribution in [2.45, 2.75) is 19.4 Å². The smallest absolute Gasteiger partial charge is 0.203 e. The van der Waals surface area contributed by atoms with Gasteiger partial charge in [-0.1, -0.05) is 35.5 Å². The van der Waals surface area contributed by atoms with Gasteiger partial charge in [-0.25, -0.2) is 0 Å². The minimum absolute atomic E-state index is 0.587. The molecule has 0 unspecified atom stereocenters. The lowest BCUT2D eigenvalue weighted by molar-refractivity contribution is 0.323. The van der Waals surface area contributed by atoms with Gasteiger partial charge in [-0.15, -0.1) is 0 Å². The lowest BCUT2D eigenvalue weighted by atomic mass is 9.96. The van der Waals surface area contributed by atoms with Crippen molar-refractivity contribution in [2.24, 2.45) is 0 Å². The van der Waals surface area contributed by atoms with Crippen molar-refractivity contribution < 1.29 is 18.7 Å². The molecule has 158 valence electrons. The third-order valence-electron chi connectivity index (χ3n) is 5.83. The average Bonchev–Trinajstić information content (AvgIpc) is 3.43. The Bertz CT molecular complexity index is 1200. The number of benzene rings is 2. The van der Waals surface area contributed by atoms with E-state index in [1.807, 2.05) is 24.4 Å². The zero-order chi connectivity index (χ0) is 21.4. The molecule has 0 fully saturated rings. The molecule has 2 heterocycles. The highest BCUT2D eigenvalue weighted by Gasteiger charge is 2.27. The van der Waals surface area contributed by atoms with E-state index >= 15 is 0 Å². The summed E-state index contributed by atoms with van der Waals surface area (Å²) in [6.07, 6.45) is 3.73. The molecule has 6 heteroatoms. The predicted octanol–water partition coefficient (Wildman–Crippen LogP) is 4.98. The zero-order valence-corrected chi connectivity index (χ0v) is 17.8. The summed E-state index contributed by atoms with van der Waals surface area (Å²) in [4.78, 5) is 0. The molecule has 0 bridgehead atoms. The number of methoxy groups -OCH3 is 3. The fraction of sp³-hybridized carbons (Fsp3) is 0.240. The summed E-state index contributed by atoms with van der Waals surface area (Å²) in [5.74, 6) is 2.72. The third kappa shape index (κ3) is 3.24. The highest BCUT2D eigenvalue weighted by atomic mass is 16.5. The quantitative estimate of drug-likeness (QED) is 0.444. The van der Waals surface area contributed by atoms with Gasteiger partial charge in [-0.2, -0.15) is 0 Å². The number of ether oxygens (including phenoxy) is 3. The van der Waals surface area contributed by atoms with Gasteiger partial charge < -0.3 is 23.3 Å². The first-order chi connectivity index (χ1) is 15.2. The number of nitrogens with zero attached hydrogens (tertiary/aromatic N) is 2. The van der Waals surface area contributed by atoms with Crippen LogP contribution in [0, 0.1) is 0 Å². The van der Waals surface area contributed by atoms with Crippen LogP contribution in [0.15, 0.2) is 59.3 Å². The first kappa shape index (κ1) is 19.3. The standard InChI is InChI=1S/C25H24N2O4/c1-28-21-11-16(12-22(29-2)25(21)30-3)15-27-20(17-7-5-4-6-8-17)13-18-9-10-19-14-26-31-24(19)23(18)27/h4-8,11-14H,9-10,15H2,1-3H3. The van der Waals surface area contributed by atoms with Crippen LogP contribution in [0.1, 0.15) is 16.7 Å². The summed E-state index contributed by atoms with van der Waals surface area (Å²) in [5.41, 5.74) is 6.85. The highest BCUT2D eigenvalue weighted by molar-refractivity contribution is 5.74. The second kappa shape index (κ2) is 7.87. The fourth-order valence-corrected chi connectivity index (χ4v) is 4.39. The molecule has 0 atom stereocenters. The summed E-state index contributed by atoms with van der Waals surface area (Å²) < 4.78 is 24.6. The second-order valence-electron chi connectivity index (χ2n) is 7.57. The normalized spacial score (nSPS) is 12.2. The van der Waals surface area contributed by atoms with E-state index in [0.29, 0.717) is 23.8 Å². The molecule has 0 N–H and O–H groups in total. The Labute approximate surface area is 181 Å². The van der Waals surface area contributed by atoms with Gasteiger partial charge in [0.2, 0.25) is 5.75 Å². The van der Waals surface area contributed by atoms with Crippen LogP contribution >= 0.6 is 0 Å². The van der Waals surface area contributed by atoms with Crippen LogP contribution in [0.4, 0.5) is 0 Å². The van der Waals surface area contributed by atoms with Crippen LogP contribution in [0.5, 0.6) is 17.2 Å². The van der Waals surface area contributed by atoms with Gasteiger partial charge in [0, 0.05) is 17.8 Å². The summed E-state index contributed by atoms with van der Waals surface area (Å²) in [5, 5.41) is 4.07. The lowest BCUT2D eigenvalue weighted by Crippen LogP contribution is -2.08. The molecular formula is C25H24N2O4. The summed E-state index contributed by atoms with van der Waals surface area (Å²) in [7, 11) is 4.88. The first-order valence-electron chi connectivity index (χ1n) is 10.2. The van der Waals surface area contributed by atoms with Crippen molar-refractivity contribution in [2.75, 3.05) is 21.3 Å². The van der Waals surface area contributed by atoms with E-state index in [2.05, 4.69) is 40.1 Å². The van der Waals surface area contributed by atoms with E-state index < -0.39 is 0 Å². The molecule has 4 aromatic rings. The van der Waals surface area contributed by atoms with Gasteiger partial charge in [-0.05, 0) is 47.7 Å². The van der Waals surface area contributed by atoms with Crippen LogP contribution in [0.3, 0.4) is 0 Å². The molecular weight excluding hydrogens is 392 g/mol. The molecule has 0 saturated carbocycles. The number of fused-ring (bicyclic) bond motifs is 3. The number of hydrogen-bond acceptors (Lipinski definition) is 5. The summed E-state index contributed by atoms with van der Waals surface area (Å²) in [6, 6.07) is 16.7. The molecule has 0 amide bonds. The molecule has 0 spiro atoms. The maximum absolute atomic E-state index is 5.70. The van der Waals surface area contributed by atoms with Gasteiger partial charge in [-0.3, -0.25) is 0 Å². The van der Waals surface area contributed by atoms with E-state index in [9.17, 15) is 0 Å². The minimum Gasteiger partial charge on any atom is -0.493 e. The summed E-state index contributed by atoms with van der Waals surface area (Å²) in [6.45, 7) is 0.621. The van der Waals surface area contributed by atoms with Gasteiger partial charge in [0.1, 0.15) is 0 Å². The van der Waals surface area contributed by atoms with E-state index in [-0.39, 0.29) is 0 Å². The van der Waals surface area contributed by atoms with Crippen molar-refractivity contribution in [1.82, 2.24) is 9.72 Å². The van der Waals surface area contributed by atoms with Crippen molar-refractivity contribution >= 4 is 0 Å². The monoisotopic (exact) mass is 416 g/mol. The molecule has 1 aliphatic carbocycles. The average molecular weight is 416 g/mol. The number of hydrogen-bond donors (Lipinski definition) is 0. The van der Waals surface area contributed by atoms with E-state index in [1.165, 1.54) is 5.56 Å². The molecule has 1 aliphatic rings. The number of aryl methyl sites for hydroxylation is 2. The minimum atomic E-state index is 0.587. The van der Waals surface area contributed by atoms with Crippen LogP contribution < -0.4 is 14.2 Å². The van der Waals surface area contributed by atoms with E-state index in [4.69, 9.17) is 18.7 Å². The largest absolute Gasteiger partial charge is 0.493 e. The molecule has 0 radical (unpaired) electrons. The number of rotatable bonds is 6. The van der Waals surface area contributed by atoms with Crippen molar-refractivity contribution in [3.05, 3.63) is 71.4 Å². The van der Waals surface area contributed by atoms with Crippen molar-refractivity contribution in [3.8, 4) is 40.0 Å². The molecule has 5 rings (SSSR count). The Morgan fingerprint density at radius 1 is 0.903 bits per heavy atom. The molecule has 2 aromatic heterocycles. The van der Waals surface area contributed by atoms with Gasteiger partial charge in [0.05, 0.1) is 33.2 Å². The van der Waals surface area contributed by atoms with Crippen LogP contribution in [-0.4, -0.2) is 31.1 Å². The van der Waals surface area contributed by atoms with Crippen LogP contribution in [0.2, 0.25) is 0 Å². The van der Waals surface area contributed by atoms with E-state index in [0.717, 1.165) is 46.7 Å². The maximum atomic E-state index is 5.70. The van der Waals surface area contributed by atoms with Gasteiger partial charge in [0.15, 0.2) is 17.3 Å². The summed E-state index contributed by atoms with van der Waals surface area (Å²) >= 11 is 0.